The van der Waals surface area contributed by atoms with Crippen LogP contribution in [0.3, 0.4) is 0 Å². The van der Waals surface area contributed by atoms with Gasteiger partial charge in [0.25, 0.3) is 5.91 Å². The minimum Gasteiger partial charge on any atom is -0.481 e. The molecule has 0 aromatic carbocycles. The maximum atomic E-state index is 12.3. The lowest BCUT2D eigenvalue weighted by atomic mass is 10.2. The summed E-state index contributed by atoms with van der Waals surface area (Å²) in [5.41, 5.74) is 1.04. The van der Waals surface area contributed by atoms with Gasteiger partial charge in [-0.25, -0.2) is 4.98 Å². The number of aromatic nitrogens is 1. The Morgan fingerprint density at radius 2 is 2.04 bits per heavy atom. The smallest absolute Gasteiger partial charge is 0.289 e. The zero-order valence-electron chi connectivity index (χ0n) is 15.0. The predicted molar refractivity (Wildman–Crippen MR) is 97.2 cm³/mol. The molecule has 0 atom stereocenters. The van der Waals surface area contributed by atoms with Crippen LogP contribution in [-0.2, 0) is 6.54 Å². The zero-order valence-corrected chi connectivity index (χ0v) is 15.0. The Bertz CT molecular complexity index is 735. The summed E-state index contributed by atoms with van der Waals surface area (Å²) >= 11 is 0. The molecule has 1 N–H and O–H groups in total. The van der Waals surface area contributed by atoms with E-state index in [9.17, 15) is 4.79 Å². The Labute approximate surface area is 152 Å². The zero-order chi connectivity index (χ0) is 18.4. The molecule has 1 fully saturated rings. The van der Waals surface area contributed by atoms with E-state index in [0.717, 1.165) is 11.5 Å². The van der Waals surface area contributed by atoms with Crippen molar-refractivity contribution < 1.29 is 13.9 Å². The highest BCUT2D eigenvalue weighted by atomic mass is 16.5. The molecule has 0 radical (unpaired) electrons. The quantitative estimate of drug-likeness (QED) is 0.654. The van der Waals surface area contributed by atoms with E-state index in [1.807, 2.05) is 12.1 Å². The second kappa shape index (κ2) is 8.37. The number of hydrogen-bond acceptors (Lipinski definition) is 5. The highest BCUT2D eigenvalue weighted by Gasteiger charge is 2.25. The lowest BCUT2D eigenvalue weighted by molar-refractivity contribution is 0.0657. The van der Waals surface area contributed by atoms with Gasteiger partial charge in [-0.05, 0) is 17.7 Å². The predicted octanol–water partition coefficient (Wildman–Crippen LogP) is 1.22. The summed E-state index contributed by atoms with van der Waals surface area (Å²) in [4.78, 5) is 24.8. The second-order valence-electron chi connectivity index (χ2n) is 5.87. The van der Waals surface area contributed by atoms with Crippen molar-refractivity contribution in [1.29, 1.82) is 0 Å². The molecule has 0 saturated carbocycles. The molecule has 1 saturated heterocycles. The van der Waals surface area contributed by atoms with E-state index in [1.54, 1.807) is 37.4 Å². The number of guanidine groups is 1. The maximum absolute atomic E-state index is 12.3. The molecule has 2 aromatic heterocycles. The molecule has 1 aliphatic heterocycles. The average molecular weight is 357 g/mol. The molecule has 2 aromatic rings. The minimum absolute atomic E-state index is 0.0677. The number of amides is 1. The summed E-state index contributed by atoms with van der Waals surface area (Å²) < 4.78 is 10.3. The van der Waals surface area contributed by atoms with Crippen LogP contribution in [0.4, 0.5) is 0 Å². The number of nitrogens with zero attached hydrogens (tertiary/aromatic N) is 4. The van der Waals surface area contributed by atoms with Crippen LogP contribution in [0.25, 0.3) is 0 Å². The molecular formula is C18H23N5O3. The first kappa shape index (κ1) is 17.8. The summed E-state index contributed by atoms with van der Waals surface area (Å²) in [6.45, 7) is 3.31. The van der Waals surface area contributed by atoms with Gasteiger partial charge >= 0.3 is 0 Å². The first-order valence-corrected chi connectivity index (χ1v) is 8.48. The fourth-order valence-corrected chi connectivity index (χ4v) is 2.83. The van der Waals surface area contributed by atoms with Gasteiger partial charge in [0.2, 0.25) is 5.88 Å². The van der Waals surface area contributed by atoms with Crippen molar-refractivity contribution in [3.63, 3.8) is 0 Å². The summed E-state index contributed by atoms with van der Waals surface area (Å²) in [7, 11) is 3.35. The van der Waals surface area contributed by atoms with Crippen molar-refractivity contribution in [2.24, 2.45) is 4.99 Å². The van der Waals surface area contributed by atoms with Crippen LogP contribution in [-0.4, -0.2) is 67.0 Å². The number of ether oxygens (including phenoxy) is 1. The number of furan rings is 1. The number of carbonyl (C=O) groups is 1. The molecule has 1 aliphatic rings. The summed E-state index contributed by atoms with van der Waals surface area (Å²) in [5.74, 6) is 1.72. The number of hydrogen-bond donors (Lipinski definition) is 1. The second-order valence-corrected chi connectivity index (χ2v) is 5.87. The number of rotatable bonds is 4. The van der Waals surface area contributed by atoms with Gasteiger partial charge in [0, 0.05) is 52.0 Å². The largest absolute Gasteiger partial charge is 0.481 e. The number of carbonyl (C=O) groups excluding carboxylic acids is 1. The molecule has 138 valence electrons. The Balaban J connectivity index is 1.51. The number of piperazine rings is 1. The number of pyridine rings is 1. The molecule has 26 heavy (non-hydrogen) atoms. The molecule has 1 amide bonds. The first-order valence-electron chi connectivity index (χ1n) is 8.48. The van der Waals surface area contributed by atoms with E-state index in [0.29, 0.717) is 44.4 Å². The van der Waals surface area contributed by atoms with Crippen LogP contribution in [0.2, 0.25) is 0 Å². The third-order valence-electron chi connectivity index (χ3n) is 4.27. The SMILES string of the molecule is CN=C(NCc1ccc(OC)nc1)N1CCN(C(=O)c2ccco2)CC1. The fraction of sp³-hybridized carbons (Fsp3) is 0.389. The van der Waals surface area contributed by atoms with Gasteiger partial charge < -0.3 is 24.3 Å². The van der Waals surface area contributed by atoms with Crippen molar-refractivity contribution in [2.75, 3.05) is 40.3 Å². The lowest BCUT2D eigenvalue weighted by Crippen LogP contribution is -2.53. The molecule has 0 aliphatic carbocycles. The highest BCUT2D eigenvalue weighted by molar-refractivity contribution is 5.91. The van der Waals surface area contributed by atoms with Crippen LogP contribution in [0.1, 0.15) is 16.1 Å². The molecule has 0 unspecified atom stereocenters. The van der Waals surface area contributed by atoms with Gasteiger partial charge in [0.1, 0.15) is 0 Å². The molecule has 3 heterocycles. The molecule has 0 spiro atoms. The fourth-order valence-electron chi connectivity index (χ4n) is 2.83. The molecule has 8 heteroatoms. The van der Waals surface area contributed by atoms with Gasteiger partial charge in [0.15, 0.2) is 11.7 Å². The van der Waals surface area contributed by atoms with Crippen molar-refractivity contribution in [3.8, 4) is 5.88 Å². The van der Waals surface area contributed by atoms with E-state index in [4.69, 9.17) is 9.15 Å². The van der Waals surface area contributed by atoms with Gasteiger partial charge in [-0.1, -0.05) is 6.07 Å². The van der Waals surface area contributed by atoms with Gasteiger partial charge in [-0.3, -0.25) is 9.79 Å². The van der Waals surface area contributed by atoms with E-state index >= 15 is 0 Å². The third kappa shape index (κ3) is 4.14. The topological polar surface area (TPSA) is 83.2 Å². The summed E-state index contributed by atoms with van der Waals surface area (Å²) in [5, 5.41) is 3.34. The Kier molecular flexibility index (Phi) is 5.73. The maximum Gasteiger partial charge on any atom is 0.289 e. The lowest BCUT2D eigenvalue weighted by Gasteiger charge is -2.36. The summed E-state index contributed by atoms with van der Waals surface area (Å²) in [6.07, 6.45) is 3.29. The Morgan fingerprint density at radius 1 is 1.27 bits per heavy atom. The van der Waals surface area contributed by atoms with Crippen LogP contribution < -0.4 is 10.1 Å². The normalized spacial score (nSPS) is 15.1. The standard InChI is InChI=1S/C18H23N5O3/c1-19-18(21-13-14-5-6-16(25-2)20-12-14)23-9-7-22(8-10-23)17(24)15-4-3-11-26-15/h3-6,11-12H,7-10,13H2,1-2H3,(H,19,21). The van der Waals surface area contributed by atoms with E-state index < -0.39 is 0 Å². The number of nitrogens with one attached hydrogen (secondary N) is 1. The Hall–Kier alpha value is -3.03. The minimum atomic E-state index is -0.0677. The van der Waals surface area contributed by atoms with Crippen molar-refractivity contribution in [1.82, 2.24) is 20.1 Å². The molecule has 8 nitrogen and oxygen atoms in total. The number of aliphatic imine (C=N–C) groups is 1. The van der Waals surface area contributed by atoms with Crippen LogP contribution in [0.15, 0.2) is 46.1 Å². The summed E-state index contributed by atoms with van der Waals surface area (Å²) in [6, 6.07) is 7.21. The van der Waals surface area contributed by atoms with Crippen molar-refractivity contribution in [2.45, 2.75) is 6.54 Å². The van der Waals surface area contributed by atoms with Crippen molar-refractivity contribution >= 4 is 11.9 Å². The number of methoxy groups -OCH3 is 1. The van der Waals surface area contributed by atoms with Crippen LogP contribution >= 0.6 is 0 Å². The van der Waals surface area contributed by atoms with E-state index in [1.165, 1.54) is 6.26 Å². The third-order valence-corrected chi connectivity index (χ3v) is 4.27. The van der Waals surface area contributed by atoms with Crippen LogP contribution in [0.5, 0.6) is 5.88 Å². The van der Waals surface area contributed by atoms with Gasteiger partial charge in [-0.15, -0.1) is 0 Å². The molecule has 0 bridgehead atoms. The monoisotopic (exact) mass is 357 g/mol. The highest BCUT2D eigenvalue weighted by Crippen LogP contribution is 2.10. The van der Waals surface area contributed by atoms with Crippen LogP contribution in [0, 0.1) is 0 Å². The van der Waals surface area contributed by atoms with Crippen molar-refractivity contribution in [3.05, 3.63) is 48.0 Å². The van der Waals surface area contributed by atoms with Gasteiger partial charge in [-0.2, -0.15) is 0 Å². The first-order chi connectivity index (χ1) is 12.7. The van der Waals surface area contributed by atoms with Gasteiger partial charge in [0.05, 0.1) is 13.4 Å². The Morgan fingerprint density at radius 3 is 2.62 bits per heavy atom. The van der Waals surface area contributed by atoms with E-state index in [-0.39, 0.29) is 5.91 Å². The average Bonchev–Trinajstić information content (AvgIpc) is 3.24. The molecular weight excluding hydrogens is 334 g/mol. The molecule has 3 rings (SSSR count). The van der Waals surface area contributed by atoms with E-state index in [2.05, 4.69) is 20.2 Å².